The largest absolute Gasteiger partial charge is 0.480 e. The number of nitrogens with two attached hydrogens (primary N) is 1. The lowest BCUT2D eigenvalue weighted by Gasteiger charge is -2.28. The standard InChI is InChI=1S/C18H20N2O4.C6H13NO2.CH5BO2/c21-17(22)16(19-18(23)20-8-10-24-11-9-20)12-14-6-3-5-13-4-1-2-7-15(13)14;1-4(2)3-5(7)6(8)9;1-2(3)4/h1-7,16H,8-12H2,(H,19,23)(H,21,22);4-5H,3,7H2,1-2H3,(H,8,9);3-4H,1H3/t16-;5-;/m00./s1. The predicted molar refractivity (Wildman–Crippen MR) is 141 cm³/mol. The number of urea groups is 1. The first-order chi connectivity index (χ1) is 17.4. The summed E-state index contributed by atoms with van der Waals surface area (Å²) >= 11 is 0. The van der Waals surface area contributed by atoms with Crippen molar-refractivity contribution in [2.24, 2.45) is 11.7 Å². The van der Waals surface area contributed by atoms with Crippen molar-refractivity contribution >= 4 is 35.9 Å². The second kappa shape index (κ2) is 16.5. The van der Waals surface area contributed by atoms with E-state index in [9.17, 15) is 19.5 Å². The number of fused-ring (bicyclic) bond motifs is 1. The van der Waals surface area contributed by atoms with Crippen LogP contribution in [0.4, 0.5) is 4.79 Å². The zero-order valence-electron chi connectivity index (χ0n) is 21.5. The highest BCUT2D eigenvalue weighted by atomic mass is 16.5. The number of hydrogen-bond donors (Lipinski definition) is 6. The molecular weight excluding hydrogens is 481 g/mol. The van der Waals surface area contributed by atoms with E-state index in [0.717, 1.165) is 16.3 Å². The van der Waals surface area contributed by atoms with E-state index in [2.05, 4.69) is 5.32 Å². The van der Waals surface area contributed by atoms with Crippen molar-refractivity contribution in [3.8, 4) is 0 Å². The molecule has 0 saturated carbocycles. The summed E-state index contributed by atoms with van der Waals surface area (Å²) in [6.45, 7) is 7.09. The van der Waals surface area contributed by atoms with Gasteiger partial charge in [-0.3, -0.25) is 4.79 Å². The van der Waals surface area contributed by atoms with Gasteiger partial charge >= 0.3 is 25.1 Å². The van der Waals surface area contributed by atoms with Crippen LogP contribution in [0, 0.1) is 5.92 Å². The first-order valence-corrected chi connectivity index (χ1v) is 12.1. The summed E-state index contributed by atoms with van der Waals surface area (Å²) in [4.78, 5) is 35.6. The monoisotopic (exact) mass is 519 g/mol. The van der Waals surface area contributed by atoms with Gasteiger partial charge in [-0.1, -0.05) is 56.3 Å². The topological polar surface area (TPSA) is 183 Å². The molecule has 1 heterocycles. The Morgan fingerprint density at radius 2 is 1.59 bits per heavy atom. The van der Waals surface area contributed by atoms with Crippen LogP contribution in [0.25, 0.3) is 10.8 Å². The molecule has 2 amide bonds. The molecule has 1 aliphatic rings. The maximum absolute atomic E-state index is 12.3. The van der Waals surface area contributed by atoms with Gasteiger partial charge in [-0.05, 0) is 35.5 Å². The summed E-state index contributed by atoms with van der Waals surface area (Å²) in [7, 11) is -1.17. The lowest BCUT2D eigenvalue weighted by Crippen LogP contribution is -2.51. The zero-order valence-corrected chi connectivity index (χ0v) is 21.5. The number of ether oxygens (including phenoxy) is 1. The third kappa shape index (κ3) is 12.6. The van der Waals surface area contributed by atoms with Gasteiger partial charge in [-0.25, -0.2) is 9.59 Å². The van der Waals surface area contributed by atoms with Crippen molar-refractivity contribution in [3.05, 3.63) is 48.0 Å². The van der Waals surface area contributed by atoms with Crippen LogP contribution in [0.1, 0.15) is 25.8 Å². The van der Waals surface area contributed by atoms with Crippen molar-refractivity contribution in [1.29, 1.82) is 0 Å². The van der Waals surface area contributed by atoms with E-state index in [1.807, 2.05) is 56.3 Å². The normalized spacial score (nSPS) is 14.4. The number of benzene rings is 2. The number of carboxylic acids is 2. The van der Waals surface area contributed by atoms with Crippen LogP contribution in [-0.2, 0) is 20.7 Å². The Morgan fingerprint density at radius 3 is 2.11 bits per heavy atom. The Hall–Kier alpha value is -3.19. The van der Waals surface area contributed by atoms with E-state index in [1.165, 1.54) is 6.82 Å². The molecule has 1 aliphatic heterocycles. The van der Waals surface area contributed by atoms with Crippen LogP contribution in [0.2, 0.25) is 6.82 Å². The third-order valence-corrected chi connectivity index (χ3v) is 5.24. The molecule has 2 atom stereocenters. The number of amides is 2. The van der Waals surface area contributed by atoms with Crippen molar-refractivity contribution in [2.75, 3.05) is 26.3 Å². The van der Waals surface area contributed by atoms with Crippen LogP contribution in [0.5, 0.6) is 0 Å². The van der Waals surface area contributed by atoms with Gasteiger partial charge in [0.2, 0.25) is 0 Å². The van der Waals surface area contributed by atoms with Crippen LogP contribution >= 0.6 is 0 Å². The summed E-state index contributed by atoms with van der Waals surface area (Å²) in [6, 6.07) is 11.6. The van der Waals surface area contributed by atoms with E-state index >= 15 is 0 Å². The molecule has 2 aromatic rings. The number of carbonyl (C=O) groups excluding carboxylic acids is 1. The highest BCUT2D eigenvalue weighted by Crippen LogP contribution is 2.20. The summed E-state index contributed by atoms with van der Waals surface area (Å²) in [6.07, 6.45) is 0.794. The van der Waals surface area contributed by atoms with Crippen molar-refractivity contribution < 1.29 is 39.4 Å². The van der Waals surface area contributed by atoms with E-state index in [4.69, 9.17) is 25.6 Å². The van der Waals surface area contributed by atoms with E-state index in [0.29, 0.717) is 38.6 Å². The Balaban J connectivity index is 0.000000440. The Labute approximate surface area is 217 Å². The highest BCUT2D eigenvalue weighted by Gasteiger charge is 2.25. The number of carboxylic acid groups (broad SMARTS) is 2. The second-order valence-corrected chi connectivity index (χ2v) is 8.99. The number of nitrogens with one attached hydrogen (secondary N) is 1. The van der Waals surface area contributed by atoms with Crippen LogP contribution in [0.3, 0.4) is 0 Å². The Bertz CT molecular complexity index is 991. The maximum atomic E-state index is 12.3. The number of rotatable bonds is 7. The number of hydrogen-bond acceptors (Lipinski definition) is 7. The van der Waals surface area contributed by atoms with Crippen molar-refractivity contribution in [3.63, 3.8) is 0 Å². The number of nitrogens with zero attached hydrogens (tertiary/aromatic N) is 1. The minimum Gasteiger partial charge on any atom is -0.480 e. The molecule has 0 unspecified atom stereocenters. The van der Waals surface area contributed by atoms with E-state index in [1.54, 1.807) is 4.90 Å². The molecule has 12 heteroatoms. The van der Waals surface area contributed by atoms with Gasteiger partial charge in [-0.2, -0.15) is 0 Å². The summed E-state index contributed by atoms with van der Waals surface area (Å²) in [5.74, 6) is -1.59. The first kappa shape index (κ1) is 31.8. The SMILES string of the molecule is CB(O)O.CC(C)C[C@H](N)C(=O)O.O=C(O)[C@H](Cc1cccc2ccccc12)NC(=O)N1CCOCC1. The van der Waals surface area contributed by atoms with Crippen LogP contribution in [-0.4, -0.2) is 88.6 Å². The van der Waals surface area contributed by atoms with Crippen molar-refractivity contribution in [2.45, 2.75) is 45.6 Å². The average Bonchev–Trinajstić information content (AvgIpc) is 2.84. The summed E-state index contributed by atoms with van der Waals surface area (Å²) < 4.78 is 5.21. The average molecular weight is 519 g/mol. The Kier molecular flexibility index (Phi) is 14.2. The smallest absolute Gasteiger partial charge is 0.448 e. The molecule has 0 spiro atoms. The minimum atomic E-state index is -1.17. The molecule has 11 nitrogen and oxygen atoms in total. The van der Waals surface area contributed by atoms with Gasteiger partial charge in [0.25, 0.3) is 0 Å². The lowest BCUT2D eigenvalue weighted by atomic mass is 9.99. The van der Waals surface area contributed by atoms with E-state index < -0.39 is 31.1 Å². The number of aliphatic carboxylic acids is 2. The fourth-order valence-corrected chi connectivity index (χ4v) is 3.51. The quantitative estimate of drug-likeness (QED) is 0.295. The Morgan fingerprint density at radius 1 is 1.03 bits per heavy atom. The van der Waals surface area contributed by atoms with Gasteiger partial charge in [-0.15, -0.1) is 0 Å². The van der Waals surface area contributed by atoms with Crippen LogP contribution < -0.4 is 11.1 Å². The molecule has 0 radical (unpaired) electrons. The van der Waals surface area contributed by atoms with Crippen molar-refractivity contribution in [1.82, 2.24) is 10.2 Å². The predicted octanol–water partition coefficient (Wildman–Crippen LogP) is 1.41. The van der Waals surface area contributed by atoms with Crippen LogP contribution in [0.15, 0.2) is 42.5 Å². The fourth-order valence-electron chi connectivity index (χ4n) is 3.51. The van der Waals surface area contributed by atoms with Gasteiger partial charge < -0.3 is 40.9 Å². The molecule has 204 valence electrons. The van der Waals surface area contributed by atoms with Gasteiger partial charge in [0, 0.05) is 19.5 Å². The fraction of sp³-hybridized carbons (Fsp3) is 0.480. The molecule has 0 bridgehead atoms. The molecule has 1 fully saturated rings. The van der Waals surface area contributed by atoms with Gasteiger partial charge in [0.05, 0.1) is 13.2 Å². The number of carbonyl (C=O) groups is 3. The second-order valence-electron chi connectivity index (χ2n) is 8.99. The molecule has 3 rings (SSSR count). The third-order valence-electron chi connectivity index (χ3n) is 5.24. The van der Waals surface area contributed by atoms with E-state index in [-0.39, 0.29) is 12.5 Å². The highest BCUT2D eigenvalue weighted by molar-refractivity contribution is 6.38. The van der Waals surface area contributed by atoms with Gasteiger partial charge in [0.1, 0.15) is 12.1 Å². The molecule has 7 N–H and O–H groups in total. The summed E-state index contributed by atoms with van der Waals surface area (Å²) in [5.41, 5.74) is 6.12. The summed E-state index contributed by atoms with van der Waals surface area (Å²) in [5, 5.41) is 37.7. The molecule has 37 heavy (non-hydrogen) atoms. The first-order valence-electron chi connectivity index (χ1n) is 12.1. The molecular formula is C25H38BN3O8. The van der Waals surface area contributed by atoms with Gasteiger partial charge in [0.15, 0.2) is 0 Å². The number of morpholine rings is 1. The molecule has 0 aromatic heterocycles. The minimum absolute atomic E-state index is 0.243. The molecule has 1 saturated heterocycles. The maximum Gasteiger partial charge on any atom is 0.448 e. The molecule has 2 aromatic carbocycles. The zero-order chi connectivity index (χ0) is 28.0. The lowest BCUT2D eigenvalue weighted by molar-refractivity contribution is -0.140. The molecule has 0 aliphatic carbocycles.